The van der Waals surface area contributed by atoms with E-state index in [-0.39, 0.29) is 24.2 Å². The Balaban J connectivity index is 1.55. The number of hydrogen-bond acceptors (Lipinski definition) is 2. The quantitative estimate of drug-likeness (QED) is 0.613. The number of carbonyl (C=O) groups excluding carboxylic acids is 2. The highest BCUT2D eigenvalue weighted by Gasteiger charge is 2.35. The molecule has 1 atom stereocenters. The number of anilines is 2. The maximum Gasteiger partial charge on any atom is 0.229 e. The van der Waals surface area contributed by atoms with Gasteiger partial charge < -0.3 is 10.2 Å². The Morgan fingerprint density at radius 3 is 2.75 bits per heavy atom. The Labute approximate surface area is 172 Å². The Morgan fingerprint density at radius 2 is 1.93 bits per heavy atom. The van der Waals surface area contributed by atoms with Crippen LogP contribution in [-0.4, -0.2) is 18.4 Å². The van der Waals surface area contributed by atoms with Crippen LogP contribution < -0.4 is 10.2 Å². The summed E-state index contributed by atoms with van der Waals surface area (Å²) in [6.45, 7) is 2.45. The molecule has 142 valence electrons. The summed E-state index contributed by atoms with van der Waals surface area (Å²) in [6.07, 6.45) is 1.05. The molecule has 4 rings (SSSR count). The van der Waals surface area contributed by atoms with Gasteiger partial charge in [-0.15, -0.1) is 0 Å². The number of nitrogens with zero attached hydrogens (tertiary/aromatic N) is 1. The van der Waals surface area contributed by atoms with E-state index in [2.05, 4.69) is 28.2 Å². The van der Waals surface area contributed by atoms with Crippen molar-refractivity contribution < 1.29 is 9.59 Å². The molecule has 3 aromatic carbocycles. The third-order valence-electron chi connectivity index (χ3n) is 5.26. The highest BCUT2D eigenvalue weighted by molar-refractivity contribution is 9.10. The molecule has 0 spiro atoms. The lowest BCUT2D eigenvalue weighted by Crippen LogP contribution is -2.28. The molecule has 4 nitrogen and oxygen atoms in total. The van der Waals surface area contributed by atoms with Crippen molar-refractivity contribution in [3.63, 3.8) is 0 Å². The van der Waals surface area contributed by atoms with Crippen LogP contribution in [0.25, 0.3) is 10.8 Å². The predicted molar refractivity (Wildman–Crippen MR) is 117 cm³/mol. The van der Waals surface area contributed by atoms with Crippen molar-refractivity contribution in [1.82, 2.24) is 0 Å². The lowest BCUT2D eigenvalue weighted by Gasteiger charge is -2.19. The third-order valence-corrected chi connectivity index (χ3v) is 5.75. The van der Waals surface area contributed by atoms with E-state index in [4.69, 9.17) is 0 Å². The molecule has 0 saturated carbocycles. The zero-order valence-electron chi connectivity index (χ0n) is 15.6. The van der Waals surface area contributed by atoms with Gasteiger partial charge in [0.15, 0.2) is 0 Å². The smallest absolute Gasteiger partial charge is 0.229 e. The van der Waals surface area contributed by atoms with Crippen molar-refractivity contribution in [2.45, 2.75) is 19.8 Å². The first-order valence-corrected chi connectivity index (χ1v) is 10.2. The van der Waals surface area contributed by atoms with Gasteiger partial charge in [-0.1, -0.05) is 59.3 Å². The summed E-state index contributed by atoms with van der Waals surface area (Å²) in [5.74, 6) is -0.476. The zero-order chi connectivity index (χ0) is 19.7. The number of rotatable bonds is 4. The molecule has 1 fully saturated rings. The molecule has 1 heterocycles. The molecule has 0 bridgehead atoms. The average Bonchev–Trinajstić information content (AvgIpc) is 3.10. The lowest BCUT2D eigenvalue weighted by atomic mass is 10.1. The number of amides is 2. The maximum absolute atomic E-state index is 12.9. The van der Waals surface area contributed by atoms with Crippen LogP contribution in [0.5, 0.6) is 0 Å². The molecular weight excluding hydrogens is 416 g/mol. The fourth-order valence-electron chi connectivity index (χ4n) is 3.77. The Bertz CT molecular complexity index is 1060. The van der Waals surface area contributed by atoms with Crippen molar-refractivity contribution in [1.29, 1.82) is 0 Å². The molecule has 0 aromatic heterocycles. The summed E-state index contributed by atoms with van der Waals surface area (Å²) in [5, 5.41) is 5.14. The lowest BCUT2D eigenvalue weighted by molar-refractivity contribution is -0.122. The van der Waals surface area contributed by atoms with Crippen LogP contribution in [0.1, 0.15) is 18.9 Å². The van der Waals surface area contributed by atoms with Gasteiger partial charge in [-0.2, -0.15) is 0 Å². The van der Waals surface area contributed by atoms with Gasteiger partial charge in [0, 0.05) is 28.5 Å². The van der Waals surface area contributed by atoms with Gasteiger partial charge in [0.2, 0.25) is 11.8 Å². The molecule has 0 aliphatic carbocycles. The summed E-state index contributed by atoms with van der Waals surface area (Å²) in [6, 6.07) is 19.8. The number of fused-ring (bicyclic) bond motifs is 1. The van der Waals surface area contributed by atoms with Gasteiger partial charge >= 0.3 is 0 Å². The highest BCUT2D eigenvalue weighted by atomic mass is 79.9. The van der Waals surface area contributed by atoms with Gasteiger partial charge in [0.25, 0.3) is 0 Å². The number of carbonyl (C=O) groups is 2. The van der Waals surface area contributed by atoms with Crippen molar-refractivity contribution in [3.05, 3.63) is 70.7 Å². The minimum atomic E-state index is -0.361. The molecule has 28 heavy (non-hydrogen) atoms. The second-order valence-electron chi connectivity index (χ2n) is 7.05. The second-order valence-corrected chi connectivity index (χ2v) is 7.96. The maximum atomic E-state index is 12.9. The molecule has 1 aliphatic rings. The largest absolute Gasteiger partial charge is 0.326 e. The molecule has 1 N–H and O–H groups in total. The molecule has 2 amide bonds. The monoisotopic (exact) mass is 436 g/mol. The minimum Gasteiger partial charge on any atom is -0.326 e. The van der Waals surface area contributed by atoms with Crippen LogP contribution >= 0.6 is 15.9 Å². The van der Waals surface area contributed by atoms with E-state index in [0.29, 0.717) is 6.54 Å². The van der Waals surface area contributed by atoms with Crippen LogP contribution in [0.15, 0.2) is 65.1 Å². The summed E-state index contributed by atoms with van der Waals surface area (Å²) >= 11 is 3.47. The fraction of sp³-hybridized carbons (Fsp3) is 0.217. The zero-order valence-corrected chi connectivity index (χ0v) is 17.2. The number of benzene rings is 3. The predicted octanol–water partition coefficient (Wildman–Crippen LogP) is 5.16. The van der Waals surface area contributed by atoms with Gasteiger partial charge in [-0.25, -0.2) is 0 Å². The van der Waals surface area contributed by atoms with Crippen molar-refractivity contribution >= 4 is 49.9 Å². The fourth-order valence-corrected chi connectivity index (χ4v) is 4.18. The van der Waals surface area contributed by atoms with Crippen LogP contribution in [0, 0.1) is 5.92 Å². The van der Waals surface area contributed by atoms with E-state index >= 15 is 0 Å². The number of hydrogen-bond donors (Lipinski definition) is 1. The second kappa shape index (κ2) is 7.76. The normalized spacial score (nSPS) is 16.6. The summed E-state index contributed by atoms with van der Waals surface area (Å²) in [5.41, 5.74) is 2.75. The molecule has 5 heteroatoms. The topological polar surface area (TPSA) is 49.4 Å². The van der Waals surface area contributed by atoms with Crippen molar-refractivity contribution in [3.8, 4) is 0 Å². The molecule has 1 saturated heterocycles. The standard InChI is InChI=1S/C23H21BrN2O2/c1-2-15-12-18(24)10-11-20(15)25-23(28)17-13-22(27)26(14-17)21-9-5-7-16-6-3-4-8-19(16)21/h3-12,17H,2,13-14H2,1H3,(H,25,28)/t17-/m1/s1. The number of aryl methyl sites for hydroxylation is 1. The van der Waals surface area contributed by atoms with E-state index < -0.39 is 0 Å². The molecule has 0 unspecified atom stereocenters. The van der Waals surface area contributed by atoms with Crippen molar-refractivity contribution in [2.75, 3.05) is 16.8 Å². The first-order chi connectivity index (χ1) is 13.6. The van der Waals surface area contributed by atoms with E-state index in [1.54, 1.807) is 4.90 Å². The Morgan fingerprint density at radius 1 is 1.14 bits per heavy atom. The van der Waals surface area contributed by atoms with E-state index in [9.17, 15) is 9.59 Å². The van der Waals surface area contributed by atoms with Crippen LogP contribution in [-0.2, 0) is 16.0 Å². The molecule has 1 aliphatic heterocycles. The summed E-state index contributed by atoms with van der Waals surface area (Å²) < 4.78 is 0.987. The van der Waals surface area contributed by atoms with Gasteiger partial charge in [0.1, 0.15) is 0 Å². The van der Waals surface area contributed by atoms with Crippen LogP contribution in [0.2, 0.25) is 0 Å². The number of halogens is 1. The third kappa shape index (κ3) is 3.54. The Kier molecular flexibility index (Phi) is 5.18. The van der Waals surface area contributed by atoms with Gasteiger partial charge in [-0.05, 0) is 41.6 Å². The first kappa shape index (κ1) is 18.7. The molecule has 0 radical (unpaired) electrons. The van der Waals surface area contributed by atoms with E-state index in [1.807, 2.05) is 60.7 Å². The van der Waals surface area contributed by atoms with E-state index in [0.717, 1.165) is 38.6 Å². The highest BCUT2D eigenvalue weighted by Crippen LogP contribution is 2.32. The van der Waals surface area contributed by atoms with Crippen LogP contribution in [0.4, 0.5) is 11.4 Å². The van der Waals surface area contributed by atoms with Gasteiger partial charge in [-0.3, -0.25) is 9.59 Å². The first-order valence-electron chi connectivity index (χ1n) is 9.44. The Hall–Kier alpha value is -2.66. The van der Waals surface area contributed by atoms with Crippen LogP contribution in [0.3, 0.4) is 0 Å². The molecular formula is C23H21BrN2O2. The van der Waals surface area contributed by atoms with E-state index in [1.165, 1.54) is 0 Å². The minimum absolute atomic E-state index is 0.0111. The average molecular weight is 437 g/mol. The van der Waals surface area contributed by atoms with Gasteiger partial charge in [0.05, 0.1) is 11.6 Å². The number of nitrogens with one attached hydrogen (secondary N) is 1. The summed E-state index contributed by atoms with van der Waals surface area (Å²) in [4.78, 5) is 27.3. The molecule has 3 aromatic rings. The summed E-state index contributed by atoms with van der Waals surface area (Å²) in [7, 11) is 0. The van der Waals surface area contributed by atoms with Crippen molar-refractivity contribution in [2.24, 2.45) is 5.92 Å². The SMILES string of the molecule is CCc1cc(Br)ccc1NC(=O)[C@@H]1CC(=O)N(c2cccc3ccccc23)C1.